The predicted octanol–water partition coefficient (Wildman–Crippen LogP) is 1.95. The molecule has 0 aliphatic carbocycles. The van der Waals surface area contributed by atoms with E-state index in [0.717, 1.165) is 0 Å². The molecule has 0 radical (unpaired) electrons. The van der Waals surface area contributed by atoms with Gasteiger partial charge in [0.1, 0.15) is 17.7 Å². The van der Waals surface area contributed by atoms with E-state index in [4.69, 9.17) is 9.15 Å². The molecule has 0 atom stereocenters. The van der Waals surface area contributed by atoms with Crippen LogP contribution in [0.25, 0.3) is 11.5 Å². The first-order valence-corrected chi connectivity index (χ1v) is 7.40. The zero-order chi connectivity index (χ0) is 17.8. The Hall–Kier alpha value is -3.49. The minimum Gasteiger partial charge on any atom is -0.494 e. The fraction of sp³-hybridized carbons (Fsp3) is 0.188. The van der Waals surface area contributed by atoms with E-state index in [0.29, 0.717) is 40.2 Å². The molecule has 3 rings (SSSR count). The molecular weight excluding hydrogens is 324 g/mol. The molecule has 0 aliphatic heterocycles. The van der Waals surface area contributed by atoms with Gasteiger partial charge in [0.25, 0.3) is 11.8 Å². The summed E-state index contributed by atoms with van der Waals surface area (Å²) in [5.41, 5.74) is 1.54. The Kier molecular flexibility index (Phi) is 4.55. The summed E-state index contributed by atoms with van der Waals surface area (Å²) in [7, 11) is 3.07. The Labute approximate surface area is 143 Å². The molecule has 3 aromatic rings. The lowest BCUT2D eigenvalue weighted by Crippen LogP contribution is -2.20. The summed E-state index contributed by atoms with van der Waals surface area (Å²) in [5, 5.41) is 13.5. The maximum atomic E-state index is 12.0. The molecule has 9 nitrogen and oxygen atoms in total. The van der Waals surface area contributed by atoms with E-state index in [9.17, 15) is 4.79 Å². The van der Waals surface area contributed by atoms with E-state index >= 15 is 0 Å². The van der Waals surface area contributed by atoms with Crippen molar-refractivity contribution >= 4 is 17.4 Å². The first-order chi connectivity index (χ1) is 12.1. The van der Waals surface area contributed by atoms with Crippen LogP contribution in [0.4, 0.5) is 11.5 Å². The molecule has 128 valence electrons. The summed E-state index contributed by atoms with van der Waals surface area (Å²) in [6.07, 6.45) is 2.79. The van der Waals surface area contributed by atoms with E-state index in [-0.39, 0.29) is 5.91 Å². The maximum absolute atomic E-state index is 12.0. The van der Waals surface area contributed by atoms with Crippen molar-refractivity contribution in [2.24, 2.45) is 0 Å². The molecule has 2 aromatic heterocycles. The van der Waals surface area contributed by atoms with Gasteiger partial charge in [-0.3, -0.25) is 4.79 Å². The lowest BCUT2D eigenvalue weighted by atomic mass is 10.1. The van der Waals surface area contributed by atoms with Crippen molar-refractivity contribution in [2.75, 3.05) is 19.5 Å². The summed E-state index contributed by atoms with van der Waals surface area (Å²) < 4.78 is 11.0. The molecule has 25 heavy (non-hydrogen) atoms. The van der Waals surface area contributed by atoms with E-state index in [1.165, 1.54) is 26.7 Å². The number of carbonyl (C=O) groups excluding carboxylic acids is 1. The van der Waals surface area contributed by atoms with Gasteiger partial charge in [0.2, 0.25) is 5.89 Å². The number of methoxy groups -OCH3 is 1. The molecule has 1 aromatic carbocycles. The Balaban J connectivity index is 2.03. The van der Waals surface area contributed by atoms with Crippen molar-refractivity contribution < 1.29 is 13.9 Å². The number of nitrogens with one attached hydrogen (secondary N) is 2. The number of aromatic nitrogens is 4. The van der Waals surface area contributed by atoms with Crippen LogP contribution in [0.15, 0.2) is 35.1 Å². The fourth-order valence-electron chi connectivity index (χ4n) is 2.29. The van der Waals surface area contributed by atoms with Gasteiger partial charge < -0.3 is 19.8 Å². The van der Waals surface area contributed by atoms with Crippen LogP contribution >= 0.6 is 0 Å². The van der Waals surface area contributed by atoms with Crippen LogP contribution in [0.3, 0.4) is 0 Å². The summed E-state index contributed by atoms with van der Waals surface area (Å²) in [4.78, 5) is 20.0. The zero-order valence-corrected chi connectivity index (χ0v) is 13.9. The first-order valence-electron chi connectivity index (χ1n) is 7.40. The van der Waals surface area contributed by atoms with Crippen molar-refractivity contribution in [3.63, 3.8) is 0 Å². The van der Waals surface area contributed by atoms with Gasteiger partial charge in [0.15, 0.2) is 5.75 Å². The average Bonchev–Trinajstić information content (AvgIpc) is 3.07. The highest BCUT2D eigenvalue weighted by atomic mass is 16.5. The third-order valence-corrected chi connectivity index (χ3v) is 3.41. The summed E-state index contributed by atoms with van der Waals surface area (Å²) in [6, 6.07) is 5.40. The lowest BCUT2D eigenvalue weighted by molar-refractivity contribution is 0.0963. The highest BCUT2D eigenvalue weighted by Crippen LogP contribution is 2.37. The minimum atomic E-state index is -0.300. The monoisotopic (exact) mass is 340 g/mol. The number of hydrogen-bond acceptors (Lipinski definition) is 8. The number of benzene rings is 1. The van der Waals surface area contributed by atoms with E-state index in [2.05, 4.69) is 30.8 Å². The van der Waals surface area contributed by atoms with Crippen LogP contribution in [0.2, 0.25) is 0 Å². The van der Waals surface area contributed by atoms with Crippen LogP contribution in [-0.4, -0.2) is 40.2 Å². The van der Waals surface area contributed by atoms with Crippen LogP contribution in [0.1, 0.15) is 16.2 Å². The second kappa shape index (κ2) is 6.95. The molecule has 9 heteroatoms. The van der Waals surface area contributed by atoms with Gasteiger partial charge in [0.05, 0.1) is 18.4 Å². The number of carbonyl (C=O) groups is 1. The zero-order valence-electron chi connectivity index (χ0n) is 13.9. The normalized spacial score (nSPS) is 10.4. The molecule has 0 bridgehead atoms. The number of amides is 1. The lowest BCUT2D eigenvalue weighted by Gasteiger charge is -2.14. The molecule has 0 aliphatic rings. The van der Waals surface area contributed by atoms with Crippen molar-refractivity contribution in [1.82, 2.24) is 25.5 Å². The average molecular weight is 340 g/mol. The quantitative estimate of drug-likeness (QED) is 0.724. The maximum Gasteiger partial charge on any atom is 0.256 e. The molecule has 1 amide bonds. The first kappa shape index (κ1) is 16.4. The Morgan fingerprint density at radius 1 is 1.28 bits per heavy atom. The molecular formula is C16H16N6O3. The van der Waals surface area contributed by atoms with E-state index < -0.39 is 0 Å². The second-order valence-corrected chi connectivity index (χ2v) is 5.00. The number of rotatable bonds is 5. The summed E-state index contributed by atoms with van der Waals surface area (Å²) in [6.45, 7) is 1.71. The van der Waals surface area contributed by atoms with Crippen LogP contribution < -0.4 is 15.4 Å². The molecule has 2 N–H and O–H groups in total. The Morgan fingerprint density at radius 3 is 2.80 bits per heavy atom. The van der Waals surface area contributed by atoms with Gasteiger partial charge in [-0.05, 0) is 12.1 Å². The molecule has 0 unspecified atom stereocenters. The number of ether oxygens (including phenoxy) is 1. The smallest absolute Gasteiger partial charge is 0.256 e. The number of anilines is 2. The highest BCUT2D eigenvalue weighted by Gasteiger charge is 2.18. The highest BCUT2D eigenvalue weighted by molar-refractivity contribution is 5.99. The molecule has 0 spiro atoms. The molecule has 0 saturated carbocycles. The fourth-order valence-corrected chi connectivity index (χ4v) is 2.29. The van der Waals surface area contributed by atoms with Crippen molar-refractivity contribution in [3.8, 4) is 17.2 Å². The van der Waals surface area contributed by atoms with Gasteiger partial charge in [-0.15, -0.1) is 10.2 Å². The summed E-state index contributed by atoms with van der Waals surface area (Å²) >= 11 is 0. The van der Waals surface area contributed by atoms with Crippen molar-refractivity contribution in [2.45, 2.75) is 6.92 Å². The second-order valence-electron chi connectivity index (χ2n) is 5.00. The van der Waals surface area contributed by atoms with Crippen LogP contribution in [0, 0.1) is 6.92 Å². The summed E-state index contributed by atoms with van der Waals surface area (Å²) in [5.74, 6) is 1.34. The van der Waals surface area contributed by atoms with Crippen LogP contribution in [0.5, 0.6) is 5.75 Å². The van der Waals surface area contributed by atoms with Gasteiger partial charge in [0, 0.05) is 20.2 Å². The Morgan fingerprint density at radius 2 is 2.12 bits per heavy atom. The van der Waals surface area contributed by atoms with Crippen LogP contribution in [-0.2, 0) is 0 Å². The van der Waals surface area contributed by atoms with Gasteiger partial charge in [-0.25, -0.2) is 9.97 Å². The standard InChI is InChI=1S/C16H16N6O3/c1-9-21-22-16(25-9)10-5-4-6-12(13(10)24-3)20-14-11(15(23)17-2)7-18-8-19-14/h4-8H,1-3H3,(H,17,23)(H,18,19,20). The third-order valence-electron chi connectivity index (χ3n) is 3.41. The molecule has 2 heterocycles. The molecule has 0 fully saturated rings. The number of aryl methyl sites for hydroxylation is 1. The predicted molar refractivity (Wildman–Crippen MR) is 89.7 cm³/mol. The largest absolute Gasteiger partial charge is 0.494 e. The van der Waals surface area contributed by atoms with Crippen molar-refractivity contribution in [3.05, 3.63) is 42.2 Å². The van der Waals surface area contributed by atoms with E-state index in [1.54, 1.807) is 25.1 Å². The van der Waals surface area contributed by atoms with Crippen molar-refractivity contribution in [1.29, 1.82) is 0 Å². The Bertz CT molecular complexity index is 908. The van der Waals surface area contributed by atoms with Gasteiger partial charge in [-0.1, -0.05) is 6.07 Å². The van der Waals surface area contributed by atoms with E-state index in [1.807, 2.05) is 0 Å². The topological polar surface area (TPSA) is 115 Å². The van der Waals surface area contributed by atoms with Gasteiger partial charge >= 0.3 is 0 Å². The number of para-hydroxylation sites is 1. The third kappa shape index (κ3) is 3.25. The number of nitrogens with zero attached hydrogens (tertiary/aromatic N) is 4. The SMILES string of the molecule is CNC(=O)c1cncnc1Nc1cccc(-c2nnc(C)o2)c1OC. The van der Waals surface area contributed by atoms with Gasteiger partial charge in [-0.2, -0.15) is 0 Å². The minimum absolute atomic E-state index is 0.300. The molecule has 0 saturated heterocycles. The number of hydrogen-bond donors (Lipinski definition) is 2.